The molecule has 0 saturated carbocycles. The predicted molar refractivity (Wildman–Crippen MR) is 86.1 cm³/mol. The minimum Gasteiger partial charge on any atom is -0.465 e. The minimum absolute atomic E-state index is 0.0284. The van der Waals surface area contributed by atoms with Crippen molar-refractivity contribution >= 4 is 33.1 Å². The number of esters is 1. The van der Waals surface area contributed by atoms with Crippen LogP contribution in [0.2, 0.25) is 0 Å². The molecule has 0 bridgehead atoms. The zero-order valence-electron chi connectivity index (χ0n) is 12.4. The number of hydrogen-bond donors (Lipinski definition) is 2. The largest absolute Gasteiger partial charge is 0.465 e. The molecule has 3 N–H and O–H groups in total. The number of benzene rings is 2. The van der Waals surface area contributed by atoms with E-state index in [2.05, 4.69) is 9.46 Å². The van der Waals surface area contributed by atoms with Gasteiger partial charge < -0.3 is 10.5 Å². The molecular weight excluding hydrogens is 338 g/mol. The average molecular weight is 351 g/mol. The first-order valence-electron chi connectivity index (χ1n) is 6.49. The van der Waals surface area contributed by atoms with Crippen molar-refractivity contribution in [3.05, 3.63) is 58.1 Å². The summed E-state index contributed by atoms with van der Waals surface area (Å²) in [5.41, 5.74) is 4.99. The van der Waals surface area contributed by atoms with Crippen LogP contribution in [-0.2, 0) is 14.8 Å². The van der Waals surface area contributed by atoms with Crippen LogP contribution in [0.25, 0.3) is 0 Å². The molecule has 2 aromatic carbocycles. The molecule has 0 spiro atoms. The molecule has 0 amide bonds. The van der Waals surface area contributed by atoms with Crippen molar-refractivity contribution in [3.63, 3.8) is 0 Å². The van der Waals surface area contributed by atoms with Gasteiger partial charge in [-0.3, -0.25) is 14.8 Å². The van der Waals surface area contributed by atoms with Crippen LogP contribution in [0.15, 0.2) is 47.4 Å². The fraction of sp³-hybridized carbons (Fsp3) is 0.0714. The van der Waals surface area contributed by atoms with E-state index < -0.39 is 26.6 Å². The van der Waals surface area contributed by atoms with E-state index in [0.29, 0.717) is 0 Å². The summed E-state index contributed by atoms with van der Waals surface area (Å²) in [6.07, 6.45) is 0. The number of methoxy groups -OCH3 is 1. The van der Waals surface area contributed by atoms with Gasteiger partial charge in [0.25, 0.3) is 15.7 Å². The second-order valence-electron chi connectivity index (χ2n) is 4.66. The third kappa shape index (κ3) is 3.60. The van der Waals surface area contributed by atoms with Crippen LogP contribution >= 0.6 is 0 Å². The third-order valence-corrected chi connectivity index (χ3v) is 4.42. The molecule has 10 heteroatoms. The number of rotatable bonds is 5. The smallest absolute Gasteiger partial charge is 0.337 e. The number of sulfonamides is 1. The number of nitrogens with zero attached hydrogens (tertiary/aromatic N) is 1. The monoisotopic (exact) mass is 351 g/mol. The molecule has 0 radical (unpaired) electrons. The predicted octanol–water partition coefficient (Wildman–Crippen LogP) is 1.76. The van der Waals surface area contributed by atoms with E-state index in [1.54, 1.807) is 0 Å². The first-order valence-corrected chi connectivity index (χ1v) is 7.98. The molecule has 0 aliphatic carbocycles. The maximum Gasteiger partial charge on any atom is 0.337 e. The van der Waals surface area contributed by atoms with Crippen LogP contribution in [0.5, 0.6) is 0 Å². The Hall–Kier alpha value is -3.14. The van der Waals surface area contributed by atoms with Crippen molar-refractivity contribution in [1.29, 1.82) is 0 Å². The van der Waals surface area contributed by atoms with Crippen LogP contribution in [0.3, 0.4) is 0 Å². The van der Waals surface area contributed by atoms with Gasteiger partial charge in [0.05, 0.1) is 28.2 Å². The Morgan fingerprint density at radius 1 is 1.25 bits per heavy atom. The Bertz CT molecular complexity index is 910. The van der Waals surface area contributed by atoms with Crippen LogP contribution in [0, 0.1) is 10.1 Å². The zero-order chi connectivity index (χ0) is 17.9. The van der Waals surface area contributed by atoms with Gasteiger partial charge in [0.1, 0.15) is 5.69 Å². The SMILES string of the molecule is COC(=O)c1cccc(S(=O)(=O)Nc2ccc(N)c([N+](=O)[O-])c2)c1. The van der Waals surface area contributed by atoms with Crippen molar-refractivity contribution in [2.75, 3.05) is 17.6 Å². The summed E-state index contributed by atoms with van der Waals surface area (Å²) in [5.74, 6) is -0.685. The molecule has 126 valence electrons. The number of carbonyl (C=O) groups is 1. The van der Waals surface area contributed by atoms with Crippen LogP contribution in [0.1, 0.15) is 10.4 Å². The van der Waals surface area contributed by atoms with Gasteiger partial charge in [-0.15, -0.1) is 0 Å². The maximum absolute atomic E-state index is 12.4. The van der Waals surface area contributed by atoms with E-state index in [1.807, 2.05) is 0 Å². The molecule has 0 aliphatic rings. The highest BCUT2D eigenvalue weighted by Crippen LogP contribution is 2.26. The Labute approximate surface area is 137 Å². The summed E-state index contributed by atoms with van der Waals surface area (Å²) in [4.78, 5) is 21.4. The van der Waals surface area contributed by atoms with Gasteiger partial charge >= 0.3 is 5.97 Å². The standard InChI is InChI=1S/C14H13N3O6S/c1-23-14(18)9-3-2-4-11(7-9)24(21,22)16-10-5-6-12(15)13(8-10)17(19)20/h2-8,16H,15H2,1H3. The van der Waals surface area contributed by atoms with Gasteiger partial charge in [0.15, 0.2) is 0 Å². The number of nitro groups is 1. The molecule has 24 heavy (non-hydrogen) atoms. The van der Waals surface area contributed by atoms with Gasteiger partial charge in [-0.25, -0.2) is 13.2 Å². The van der Waals surface area contributed by atoms with Crippen molar-refractivity contribution < 1.29 is 22.9 Å². The number of nitrogens with two attached hydrogens (primary N) is 1. The molecule has 0 atom stereocenters. The first kappa shape index (κ1) is 17.2. The zero-order valence-corrected chi connectivity index (χ0v) is 13.2. The fourth-order valence-corrected chi connectivity index (χ4v) is 2.98. The highest BCUT2D eigenvalue weighted by molar-refractivity contribution is 7.92. The Morgan fingerprint density at radius 3 is 2.58 bits per heavy atom. The number of nitro benzene ring substituents is 1. The summed E-state index contributed by atoms with van der Waals surface area (Å²) in [6.45, 7) is 0. The Kier molecular flexibility index (Phi) is 4.69. The molecule has 0 heterocycles. The van der Waals surface area contributed by atoms with Crippen LogP contribution in [0.4, 0.5) is 17.1 Å². The van der Waals surface area contributed by atoms with Gasteiger partial charge in [-0.1, -0.05) is 6.07 Å². The Balaban J connectivity index is 2.37. The van der Waals surface area contributed by atoms with E-state index in [-0.39, 0.29) is 21.8 Å². The number of anilines is 2. The molecule has 2 rings (SSSR count). The number of ether oxygens (including phenoxy) is 1. The van der Waals surface area contributed by atoms with E-state index in [1.165, 1.54) is 37.4 Å². The normalized spacial score (nSPS) is 10.9. The van der Waals surface area contributed by atoms with Crippen molar-refractivity contribution in [3.8, 4) is 0 Å². The second kappa shape index (κ2) is 6.54. The van der Waals surface area contributed by atoms with Crippen molar-refractivity contribution in [2.24, 2.45) is 0 Å². The number of nitrogen functional groups attached to an aromatic ring is 1. The van der Waals surface area contributed by atoms with Gasteiger partial charge in [0, 0.05) is 6.07 Å². The van der Waals surface area contributed by atoms with Gasteiger partial charge in [-0.05, 0) is 30.3 Å². The summed E-state index contributed by atoms with van der Waals surface area (Å²) in [5, 5.41) is 10.9. The number of carbonyl (C=O) groups excluding carboxylic acids is 1. The molecular formula is C14H13N3O6S. The first-order chi connectivity index (χ1) is 11.2. The average Bonchev–Trinajstić information content (AvgIpc) is 2.55. The van der Waals surface area contributed by atoms with Crippen LogP contribution in [-0.4, -0.2) is 26.4 Å². The topological polar surface area (TPSA) is 142 Å². The van der Waals surface area contributed by atoms with E-state index in [9.17, 15) is 23.3 Å². The van der Waals surface area contributed by atoms with E-state index >= 15 is 0 Å². The fourth-order valence-electron chi connectivity index (χ4n) is 1.89. The van der Waals surface area contributed by atoms with Crippen molar-refractivity contribution in [1.82, 2.24) is 0 Å². The summed E-state index contributed by atoms with van der Waals surface area (Å²) >= 11 is 0. The number of hydrogen-bond acceptors (Lipinski definition) is 7. The lowest BCUT2D eigenvalue weighted by Gasteiger charge is -2.09. The molecule has 0 aliphatic heterocycles. The third-order valence-electron chi connectivity index (χ3n) is 3.04. The molecule has 0 unspecified atom stereocenters. The quantitative estimate of drug-likeness (QED) is 0.362. The summed E-state index contributed by atoms with van der Waals surface area (Å²) in [6, 6.07) is 8.73. The Morgan fingerprint density at radius 2 is 1.96 bits per heavy atom. The molecule has 9 nitrogen and oxygen atoms in total. The van der Waals surface area contributed by atoms with Gasteiger partial charge in [0.2, 0.25) is 0 Å². The maximum atomic E-state index is 12.4. The highest BCUT2D eigenvalue weighted by atomic mass is 32.2. The number of nitrogens with one attached hydrogen (secondary N) is 1. The lowest BCUT2D eigenvalue weighted by Crippen LogP contribution is -2.14. The van der Waals surface area contributed by atoms with Gasteiger partial charge in [-0.2, -0.15) is 0 Å². The molecule has 2 aromatic rings. The minimum atomic E-state index is -4.05. The molecule has 0 saturated heterocycles. The van der Waals surface area contributed by atoms with Crippen LogP contribution < -0.4 is 10.5 Å². The summed E-state index contributed by atoms with van der Waals surface area (Å²) in [7, 11) is -2.88. The van der Waals surface area contributed by atoms with E-state index in [4.69, 9.17) is 5.73 Å². The lowest BCUT2D eigenvalue weighted by molar-refractivity contribution is -0.383. The lowest BCUT2D eigenvalue weighted by atomic mass is 10.2. The molecule has 0 fully saturated rings. The summed E-state index contributed by atoms with van der Waals surface area (Å²) < 4.78 is 31.5. The second-order valence-corrected chi connectivity index (χ2v) is 6.34. The van der Waals surface area contributed by atoms with E-state index in [0.717, 1.165) is 12.1 Å². The van der Waals surface area contributed by atoms with Crippen molar-refractivity contribution in [2.45, 2.75) is 4.90 Å². The highest BCUT2D eigenvalue weighted by Gasteiger charge is 2.19. The molecule has 0 aromatic heterocycles.